The van der Waals surface area contributed by atoms with Gasteiger partial charge in [0.05, 0.1) is 20.8 Å². The summed E-state index contributed by atoms with van der Waals surface area (Å²) in [5, 5.41) is 5.56. The first-order valence-corrected chi connectivity index (χ1v) is 7.80. The standard InChI is InChI=1S/C17H26N2O6/c1-22-13-7-5-12(6-8-13)9-14(17(21)25-4)19-15(20)10-18-11-16(23-2)24-3/h5-8,14,16,18H,9-11H2,1-4H3,(H,19,20)/t14-/m1/s1. The quantitative estimate of drug-likeness (QED) is 0.430. The van der Waals surface area contributed by atoms with Gasteiger partial charge in [0.15, 0.2) is 6.29 Å². The normalized spacial score (nSPS) is 11.9. The fourth-order valence-corrected chi connectivity index (χ4v) is 2.14. The van der Waals surface area contributed by atoms with Gasteiger partial charge in [0.25, 0.3) is 0 Å². The van der Waals surface area contributed by atoms with Gasteiger partial charge >= 0.3 is 5.97 Å². The lowest BCUT2D eigenvalue weighted by Crippen LogP contribution is -2.47. The largest absolute Gasteiger partial charge is 0.497 e. The van der Waals surface area contributed by atoms with E-state index in [0.29, 0.717) is 13.0 Å². The van der Waals surface area contributed by atoms with Gasteiger partial charge in [0, 0.05) is 27.2 Å². The molecule has 1 amide bonds. The fraction of sp³-hybridized carbons (Fsp3) is 0.529. The van der Waals surface area contributed by atoms with Gasteiger partial charge in [-0.2, -0.15) is 0 Å². The third-order valence-electron chi connectivity index (χ3n) is 3.54. The van der Waals surface area contributed by atoms with Crippen LogP contribution >= 0.6 is 0 Å². The minimum absolute atomic E-state index is 0.0271. The van der Waals surface area contributed by atoms with Gasteiger partial charge < -0.3 is 29.6 Å². The van der Waals surface area contributed by atoms with E-state index in [1.807, 2.05) is 12.1 Å². The second-order valence-electron chi connectivity index (χ2n) is 5.23. The van der Waals surface area contributed by atoms with Gasteiger partial charge in [0.1, 0.15) is 11.8 Å². The Labute approximate surface area is 147 Å². The van der Waals surface area contributed by atoms with Crippen LogP contribution in [0, 0.1) is 0 Å². The average Bonchev–Trinajstić information content (AvgIpc) is 2.64. The summed E-state index contributed by atoms with van der Waals surface area (Å²) in [7, 11) is 5.89. The third-order valence-corrected chi connectivity index (χ3v) is 3.54. The molecule has 8 nitrogen and oxygen atoms in total. The van der Waals surface area contributed by atoms with Crippen molar-refractivity contribution in [1.29, 1.82) is 0 Å². The number of methoxy groups -OCH3 is 4. The van der Waals surface area contributed by atoms with Crippen molar-refractivity contribution in [3.63, 3.8) is 0 Å². The van der Waals surface area contributed by atoms with E-state index in [-0.39, 0.29) is 12.5 Å². The van der Waals surface area contributed by atoms with Crippen molar-refractivity contribution in [2.45, 2.75) is 18.8 Å². The number of carbonyl (C=O) groups excluding carboxylic acids is 2. The van der Waals surface area contributed by atoms with E-state index in [1.165, 1.54) is 21.3 Å². The molecule has 2 N–H and O–H groups in total. The molecule has 0 aromatic heterocycles. The van der Waals surface area contributed by atoms with Crippen molar-refractivity contribution in [2.75, 3.05) is 41.5 Å². The molecule has 1 aromatic rings. The summed E-state index contributed by atoms with van der Waals surface area (Å²) in [6.07, 6.45) is -0.121. The topological polar surface area (TPSA) is 95.1 Å². The molecule has 0 aliphatic heterocycles. The molecular weight excluding hydrogens is 328 g/mol. The molecule has 0 saturated carbocycles. The Morgan fingerprint density at radius 1 is 1.04 bits per heavy atom. The maximum atomic E-state index is 12.0. The molecule has 0 saturated heterocycles. The van der Waals surface area contributed by atoms with Crippen LogP contribution in [-0.4, -0.2) is 65.7 Å². The van der Waals surface area contributed by atoms with Crippen molar-refractivity contribution < 1.29 is 28.5 Å². The molecule has 0 unspecified atom stereocenters. The number of esters is 1. The zero-order valence-electron chi connectivity index (χ0n) is 15.0. The fourth-order valence-electron chi connectivity index (χ4n) is 2.14. The van der Waals surface area contributed by atoms with Crippen LogP contribution in [0.5, 0.6) is 5.75 Å². The highest BCUT2D eigenvalue weighted by molar-refractivity contribution is 5.85. The Hall–Kier alpha value is -2.16. The lowest BCUT2D eigenvalue weighted by atomic mass is 10.1. The van der Waals surface area contributed by atoms with Crippen molar-refractivity contribution in [2.24, 2.45) is 0 Å². The monoisotopic (exact) mass is 354 g/mol. The van der Waals surface area contributed by atoms with E-state index in [2.05, 4.69) is 10.6 Å². The first kappa shape index (κ1) is 20.9. The summed E-state index contributed by atoms with van der Waals surface area (Å²) >= 11 is 0. The number of nitrogens with one attached hydrogen (secondary N) is 2. The molecule has 140 valence electrons. The van der Waals surface area contributed by atoms with Crippen LogP contribution in [0.2, 0.25) is 0 Å². The first-order valence-electron chi connectivity index (χ1n) is 7.80. The molecule has 8 heteroatoms. The second kappa shape index (κ2) is 11.4. The van der Waals surface area contributed by atoms with E-state index in [0.717, 1.165) is 11.3 Å². The number of hydrogen-bond donors (Lipinski definition) is 2. The maximum absolute atomic E-state index is 12.0. The average molecular weight is 354 g/mol. The summed E-state index contributed by atoms with van der Waals surface area (Å²) in [5.74, 6) is -0.108. The molecular formula is C17H26N2O6. The summed E-state index contributed by atoms with van der Waals surface area (Å²) in [4.78, 5) is 24.0. The minimum Gasteiger partial charge on any atom is -0.497 e. The Bertz CT molecular complexity index is 530. The van der Waals surface area contributed by atoms with E-state index in [4.69, 9.17) is 18.9 Å². The van der Waals surface area contributed by atoms with Gasteiger partial charge in [-0.3, -0.25) is 4.79 Å². The van der Waals surface area contributed by atoms with Gasteiger partial charge in [0.2, 0.25) is 5.91 Å². The van der Waals surface area contributed by atoms with Gasteiger partial charge in [-0.25, -0.2) is 4.79 Å². The Balaban J connectivity index is 2.57. The molecule has 0 spiro atoms. The molecule has 1 atom stereocenters. The van der Waals surface area contributed by atoms with Gasteiger partial charge in [-0.15, -0.1) is 0 Å². The Morgan fingerprint density at radius 2 is 1.68 bits per heavy atom. The first-order chi connectivity index (χ1) is 12.0. The van der Waals surface area contributed by atoms with Crippen LogP contribution in [0.15, 0.2) is 24.3 Å². The van der Waals surface area contributed by atoms with Crippen LogP contribution in [0.4, 0.5) is 0 Å². The van der Waals surface area contributed by atoms with Crippen LogP contribution < -0.4 is 15.4 Å². The van der Waals surface area contributed by atoms with Crippen molar-refractivity contribution in [3.05, 3.63) is 29.8 Å². The third kappa shape index (κ3) is 7.51. The molecule has 1 rings (SSSR count). The van der Waals surface area contributed by atoms with Crippen molar-refractivity contribution in [3.8, 4) is 5.75 Å². The number of rotatable bonds is 11. The second-order valence-corrected chi connectivity index (χ2v) is 5.23. The number of benzene rings is 1. The maximum Gasteiger partial charge on any atom is 0.328 e. The van der Waals surface area contributed by atoms with E-state index in [9.17, 15) is 9.59 Å². The van der Waals surface area contributed by atoms with Crippen LogP contribution in [0.25, 0.3) is 0 Å². The van der Waals surface area contributed by atoms with E-state index < -0.39 is 18.3 Å². The predicted octanol–water partition coefficient (Wildman–Crippen LogP) is 0.104. The molecule has 0 aliphatic rings. The molecule has 25 heavy (non-hydrogen) atoms. The lowest BCUT2D eigenvalue weighted by molar-refractivity contribution is -0.145. The van der Waals surface area contributed by atoms with Crippen molar-refractivity contribution in [1.82, 2.24) is 10.6 Å². The highest BCUT2D eigenvalue weighted by atomic mass is 16.7. The Kier molecular flexibility index (Phi) is 9.53. The number of amides is 1. The number of hydrogen-bond acceptors (Lipinski definition) is 7. The number of carbonyl (C=O) groups is 2. The Morgan fingerprint density at radius 3 is 2.20 bits per heavy atom. The number of ether oxygens (including phenoxy) is 4. The zero-order chi connectivity index (χ0) is 18.7. The summed E-state index contributed by atoms with van der Waals surface area (Å²) in [6.45, 7) is 0.376. The molecule has 0 heterocycles. The lowest BCUT2D eigenvalue weighted by Gasteiger charge is -2.18. The smallest absolute Gasteiger partial charge is 0.328 e. The molecule has 0 fully saturated rings. The molecule has 0 bridgehead atoms. The molecule has 1 aromatic carbocycles. The minimum atomic E-state index is -0.770. The summed E-state index contributed by atoms with van der Waals surface area (Å²) < 4.78 is 19.9. The molecule has 0 radical (unpaired) electrons. The van der Waals surface area contributed by atoms with Crippen LogP contribution in [-0.2, 0) is 30.2 Å². The highest BCUT2D eigenvalue weighted by Crippen LogP contribution is 2.13. The van der Waals surface area contributed by atoms with Crippen LogP contribution in [0.3, 0.4) is 0 Å². The summed E-state index contributed by atoms with van der Waals surface area (Å²) in [6, 6.07) is 6.49. The predicted molar refractivity (Wildman–Crippen MR) is 91.3 cm³/mol. The molecule has 0 aliphatic carbocycles. The SMILES string of the molecule is COC(=O)[C@@H](Cc1ccc(OC)cc1)NC(=O)CNCC(OC)OC. The van der Waals surface area contributed by atoms with E-state index in [1.54, 1.807) is 19.2 Å². The van der Waals surface area contributed by atoms with Crippen molar-refractivity contribution >= 4 is 11.9 Å². The zero-order valence-corrected chi connectivity index (χ0v) is 15.0. The van der Waals surface area contributed by atoms with Gasteiger partial charge in [-0.05, 0) is 17.7 Å². The summed E-state index contributed by atoms with van der Waals surface area (Å²) in [5.41, 5.74) is 0.878. The van der Waals surface area contributed by atoms with Crippen LogP contribution in [0.1, 0.15) is 5.56 Å². The van der Waals surface area contributed by atoms with E-state index >= 15 is 0 Å². The van der Waals surface area contributed by atoms with Gasteiger partial charge in [-0.1, -0.05) is 12.1 Å². The highest BCUT2D eigenvalue weighted by Gasteiger charge is 2.22.